The Labute approximate surface area is 423 Å². The van der Waals surface area contributed by atoms with Crippen LogP contribution in [0, 0.1) is 29.6 Å². The number of fused-ring (bicyclic) bond motifs is 1. The molecule has 0 N–H and O–H groups in total. The maximum atomic E-state index is 15.1. The first kappa shape index (κ1) is 55.1. The molecule has 1 aromatic heterocycles. The van der Waals surface area contributed by atoms with E-state index < -0.39 is 82.3 Å². The summed E-state index contributed by atoms with van der Waals surface area (Å²) < 4.78 is 44.3. The average Bonchev–Trinajstić information content (AvgIpc) is 3.93. The van der Waals surface area contributed by atoms with Gasteiger partial charge in [0.05, 0.1) is 41.1 Å². The van der Waals surface area contributed by atoms with E-state index in [1.165, 1.54) is 11.8 Å². The molecule has 1 saturated carbocycles. The van der Waals surface area contributed by atoms with Gasteiger partial charge in [0.15, 0.2) is 29.2 Å². The van der Waals surface area contributed by atoms with Crippen molar-refractivity contribution in [1.29, 1.82) is 0 Å². The number of Topliss-reactive ketones (excluding diaryl/α,β-unsaturated/α-hetero) is 2. The molecule has 0 spiro atoms. The second kappa shape index (κ2) is 23.6. The molecule has 3 saturated heterocycles. The first-order chi connectivity index (χ1) is 32.7. The number of ether oxygens (including phenoxy) is 7. The number of benzene rings is 1. The minimum absolute atomic E-state index is 0.0878. The van der Waals surface area contributed by atoms with Crippen molar-refractivity contribution < 1.29 is 52.3 Å². The Hall–Kier alpha value is -3.18. The van der Waals surface area contributed by atoms with Gasteiger partial charge in [0.1, 0.15) is 23.1 Å². The van der Waals surface area contributed by atoms with Gasteiger partial charge in [-0.3, -0.25) is 24.2 Å². The lowest BCUT2D eigenvalue weighted by atomic mass is 9.70. The van der Waals surface area contributed by atoms with Crippen LogP contribution in [-0.2, 0) is 49.4 Å². The topological polar surface area (TPSA) is 152 Å². The summed E-state index contributed by atoms with van der Waals surface area (Å²) in [6.45, 7) is 15.1. The molecule has 4 aliphatic rings. The minimum atomic E-state index is -1.42. The normalized spacial score (nSPS) is 34.0. The minimum Gasteiger partial charge on any atom is -0.493 e. The first-order valence-corrected chi connectivity index (χ1v) is 26.5. The third-order valence-corrected chi connectivity index (χ3v) is 17.2. The SMILES string of the molecule is CC[C@H]1OC(=O)[C@H](C)C(=O)[C@H](C)[C@@H](OC2C[C@@H](N(C)C)C[C@@H](C)O2)[C@](C)(OC)C[C@@H](C)C(=O)[C@H](C)[C@H]2[C@H](SCCN(Cc3c(Cl)cncc3Cl)c3ccc(OC)c(OC4CCCC4)c3)C(=O)O[C@@]21C. The van der Waals surface area contributed by atoms with E-state index in [2.05, 4.69) is 14.8 Å². The number of aromatic nitrogens is 1. The molecular weight excluding hydrogens is 946 g/mol. The number of carbonyl (C=O) groups excluding carboxylic acids is 4. The van der Waals surface area contributed by atoms with Crippen molar-refractivity contribution in [1.82, 2.24) is 9.88 Å². The number of hydrogen-bond acceptors (Lipinski definition) is 15. The van der Waals surface area contributed by atoms with Crippen LogP contribution in [0.3, 0.4) is 0 Å². The first-order valence-electron chi connectivity index (χ1n) is 24.7. The predicted octanol–water partition coefficient (Wildman–Crippen LogP) is 9.41. The molecular formula is C52H75Cl2N3O11S. The quantitative estimate of drug-likeness (QED) is 0.123. The van der Waals surface area contributed by atoms with Crippen LogP contribution in [0.2, 0.25) is 10.0 Å². The monoisotopic (exact) mass is 1020 g/mol. The van der Waals surface area contributed by atoms with Crippen LogP contribution in [0.25, 0.3) is 0 Å². The zero-order valence-electron chi connectivity index (χ0n) is 42.6. The fraction of sp³-hybridized carbons (Fsp3) is 0.712. The summed E-state index contributed by atoms with van der Waals surface area (Å²) in [5, 5.41) is -0.00120. The van der Waals surface area contributed by atoms with Crippen molar-refractivity contribution in [2.45, 2.75) is 167 Å². The van der Waals surface area contributed by atoms with Crippen LogP contribution in [0.15, 0.2) is 30.6 Å². The number of halogens is 2. The van der Waals surface area contributed by atoms with Crippen molar-refractivity contribution in [3.8, 4) is 11.5 Å². The van der Waals surface area contributed by atoms with Crippen molar-refractivity contribution >= 4 is 64.2 Å². The van der Waals surface area contributed by atoms with E-state index in [0.29, 0.717) is 52.4 Å². The molecule has 4 fully saturated rings. The summed E-state index contributed by atoms with van der Waals surface area (Å²) in [6.07, 6.45) is 6.53. The van der Waals surface area contributed by atoms with Crippen molar-refractivity contribution in [2.75, 3.05) is 45.5 Å². The van der Waals surface area contributed by atoms with Crippen LogP contribution in [0.5, 0.6) is 11.5 Å². The number of cyclic esters (lactones) is 1. The van der Waals surface area contributed by atoms with Crippen molar-refractivity contribution in [2.24, 2.45) is 29.6 Å². The number of rotatable bonds is 15. The molecule has 6 rings (SSSR count). The Morgan fingerprint density at radius 3 is 2.20 bits per heavy atom. The molecule has 1 aromatic carbocycles. The molecule has 384 valence electrons. The fourth-order valence-electron chi connectivity index (χ4n) is 11.2. The van der Waals surface area contributed by atoms with Gasteiger partial charge in [-0.2, -0.15) is 0 Å². The third-order valence-electron chi connectivity index (χ3n) is 15.3. The number of nitrogens with zero attached hydrogens (tertiary/aromatic N) is 3. The van der Waals surface area contributed by atoms with E-state index in [-0.39, 0.29) is 36.9 Å². The summed E-state index contributed by atoms with van der Waals surface area (Å²) in [7, 11) is 7.21. The average molecular weight is 1020 g/mol. The van der Waals surface area contributed by atoms with Gasteiger partial charge in [0, 0.05) is 91.8 Å². The van der Waals surface area contributed by atoms with Crippen molar-refractivity contribution in [3.63, 3.8) is 0 Å². The number of carbonyl (C=O) groups is 4. The van der Waals surface area contributed by atoms with E-state index in [0.717, 1.165) is 37.8 Å². The summed E-state index contributed by atoms with van der Waals surface area (Å²) >= 11 is 14.8. The molecule has 17 heteroatoms. The Kier molecular flexibility index (Phi) is 18.8. The van der Waals surface area contributed by atoms with Gasteiger partial charge in [0.25, 0.3) is 0 Å². The van der Waals surface area contributed by atoms with Crippen molar-refractivity contribution in [3.05, 3.63) is 46.2 Å². The molecule has 0 bridgehead atoms. The molecule has 0 radical (unpaired) electrons. The van der Waals surface area contributed by atoms with Crippen LogP contribution in [0.4, 0.5) is 5.69 Å². The molecule has 2 aromatic rings. The summed E-state index contributed by atoms with van der Waals surface area (Å²) in [4.78, 5) is 66.6. The van der Waals surface area contributed by atoms with Gasteiger partial charge >= 0.3 is 11.9 Å². The van der Waals surface area contributed by atoms with Crippen LogP contribution < -0.4 is 14.4 Å². The highest BCUT2D eigenvalue weighted by Gasteiger charge is 2.61. The maximum Gasteiger partial charge on any atom is 0.320 e. The number of methoxy groups -OCH3 is 2. The molecule has 4 heterocycles. The number of hydrogen-bond donors (Lipinski definition) is 0. The summed E-state index contributed by atoms with van der Waals surface area (Å²) in [5.41, 5.74) is -1.10. The van der Waals surface area contributed by atoms with Gasteiger partial charge in [-0.05, 0) is 98.9 Å². The Balaban J connectivity index is 1.32. The number of anilines is 1. The zero-order valence-corrected chi connectivity index (χ0v) is 44.9. The van der Waals surface area contributed by atoms with Crippen LogP contribution in [-0.4, -0.2) is 127 Å². The predicted molar refractivity (Wildman–Crippen MR) is 268 cm³/mol. The molecule has 1 aliphatic carbocycles. The second-order valence-electron chi connectivity index (χ2n) is 20.4. The Bertz CT molecular complexity index is 2110. The molecule has 0 amide bonds. The van der Waals surface area contributed by atoms with Crippen LogP contribution >= 0.6 is 35.0 Å². The Morgan fingerprint density at radius 2 is 1.58 bits per heavy atom. The maximum absolute atomic E-state index is 15.1. The number of pyridine rings is 1. The Morgan fingerprint density at radius 1 is 0.899 bits per heavy atom. The highest BCUT2D eigenvalue weighted by Crippen LogP contribution is 2.49. The highest BCUT2D eigenvalue weighted by atomic mass is 35.5. The lowest BCUT2D eigenvalue weighted by molar-refractivity contribution is -0.262. The standard InChI is InChI=1S/C52H75Cl2N3O11S/c1-13-42-52(8)44(31(4)45(58)29(2)25-51(7,63-12)48(32(5)46(59)33(6)49(60)66-42)67-43-24-35(56(9)10)22-30(3)64-43)47(50(61)68-52)69-21-20-57(28-37-38(53)26-55-27-39(37)54)34-18-19-40(62-11)41(23-34)65-36-16-14-15-17-36/h18-19,23,26-27,29-33,35-36,42-44,47-48H,13-17,20-22,24-25,28H2,1-12H3/t29-,30-,31-,32+,33-,35+,42-,43?,44+,47+,48-,51-,52-/m1/s1. The van der Waals surface area contributed by atoms with Gasteiger partial charge in [0.2, 0.25) is 0 Å². The number of thioether (sulfide) groups is 1. The second-order valence-corrected chi connectivity index (χ2v) is 22.4. The lowest BCUT2D eigenvalue weighted by Crippen LogP contribution is -2.56. The summed E-state index contributed by atoms with van der Waals surface area (Å²) in [5.74, 6) is -4.26. The molecule has 69 heavy (non-hydrogen) atoms. The third kappa shape index (κ3) is 12.4. The van der Waals surface area contributed by atoms with Gasteiger partial charge in [-0.25, -0.2) is 0 Å². The molecule has 1 unspecified atom stereocenters. The van der Waals surface area contributed by atoms with E-state index in [1.807, 2.05) is 66.9 Å². The molecule has 14 nitrogen and oxygen atoms in total. The lowest BCUT2D eigenvalue weighted by Gasteiger charge is -2.45. The van der Waals surface area contributed by atoms with E-state index in [9.17, 15) is 14.4 Å². The zero-order chi connectivity index (χ0) is 50.5. The van der Waals surface area contributed by atoms with Gasteiger partial charge in [-0.15, -0.1) is 11.8 Å². The van der Waals surface area contributed by atoms with E-state index >= 15 is 4.79 Å². The smallest absolute Gasteiger partial charge is 0.320 e. The van der Waals surface area contributed by atoms with E-state index in [4.69, 9.17) is 56.4 Å². The van der Waals surface area contributed by atoms with Crippen LogP contribution in [0.1, 0.15) is 112 Å². The highest BCUT2D eigenvalue weighted by molar-refractivity contribution is 8.00. The van der Waals surface area contributed by atoms with E-state index in [1.54, 1.807) is 47.4 Å². The summed E-state index contributed by atoms with van der Waals surface area (Å²) in [6, 6.07) is 5.97. The number of esters is 2. The molecule has 3 aliphatic heterocycles. The molecule has 13 atom stereocenters. The number of ketones is 2. The fourth-order valence-corrected chi connectivity index (χ4v) is 13.2. The van der Waals surface area contributed by atoms with Gasteiger partial charge < -0.3 is 43.0 Å². The van der Waals surface area contributed by atoms with Gasteiger partial charge in [-0.1, -0.05) is 50.9 Å². The largest absolute Gasteiger partial charge is 0.493 e.